The molecule has 16 heavy (non-hydrogen) atoms. The van der Waals surface area contributed by atoms with Gasteiger partial charge in [-0.1, -0.05) is 29.3 Å². The molecule has 1 heterocycles. The van der Waals surface area contributed by atoms with Crippen molar-refractivity contribution >= 4 is 23.2 Å². The lowest BCUT2D eigenvalue weighted by molar-refractivity contribution is 0.251. The molecular weight excluding hydrogens is 243 g/mol. The number of likely N-dealkylation sites (tertiary alicyclic amines) is 1. The Hall–Kier alpha value is -0.280. The van der Waals surface area contributed by atoms with Gasteiger partial charge in [-0.3, -0.25) is 4.90 Å². The van der Waals surface area contributed by atoms with E-state index >= 15 is 0 Å². The smallest absolute Gasteiger partial charge is 0.0485 e. The molecule has 2 N–H and O–H groups in total. The number of rotatable bonds is 3. The van der Waals surface area contributed by atoms with Crippen LogP contribution in [0.25, 0.3) is 0 Å². The van der Waals surface area contributed by atoms with E-state index in [9.17, 15) is 0 Å². The number of benzene rings is 1. The molecule has 0 aromatic heterocycles. The summed E-state index contributed by atoms with van der Waals surface area (Å²) in [5.74, 6) is 0. The minimum atomic E-state index is 0.229. The predicted molar refractivity (Wildman–Crippen MR) is 69.1 cm³/mol. The number of hydrogen-bond acceptors (Lipinski definition) is 2. The molecule has 1 fully saturated rings. The molecule has 1 aliphatic heterocycles. The summed E-state index contributed by atoms with van der Waals surface area (Å²) in [5.41, 5.74) is 6.95. The summed E-state index contributed by atoms with van der Waals surface area (Å²) in [5, 5.41) is 1.39. The molecule has 0 unspecified atom stereocenters. The summed E-state index contributed by atoms with van der Waals surface area (Å²) in [6, 6.07) is 5.88. The molecule has 0 amide bonds. The Morgan fingerprint density at radius 2 is 1.94 bits per heavy atom. The van der Waals surface area contributed by atoms with Crippen LogP contribution in [0.2, 0.25) is 10.0 Å². The van der Waals surface area contributed by atoms with Gasteiger partial charge in [-0.15, -0.1) is 0 Å². The Balaban J connectivity index is 2.25. The molecule has 0 spiro atoms. The lowest BCUT2D eigenvalue weighted by Crippen LogP contribution is -2.31. The van der Waals surface area contributed by atoms with E-state index in [1.54, 1.807) is 6.07 Å². The Kier molecular flexibility index (Phi) is 4.09. The van der Waals surface area contributed by atoms with E-state index in [1.807, 2.05) is 12.1 Å². The van der Waals surface area contributed by atoms with E-state index in [0.29, 0.717) is 11.6 Å². The molecular formula is C12H16Cl2N2. The van der Waals surface area contributed by atoms with Crippen molar-refractivity contribution < 1.29 is 0 Å². The molecule has 0 bridgehead atoms. The Morgan fingerprint density at radius 3 is 2.50 bits per heavy atom. The quantitative estimate of drug-likeness (QED) is 0.903. The fourth-order valence-electron chi connectivity index (χ4n) is 2.30. The second kappa shape index (κ2) is 5.37. The van der Waals surface area contributed by atoms with Crippen LogP contribution in [0, 0.1) is 0 Å². The third kappa shape index (κ3) is 2.51. The first-order valence-electron chi connectivity index (χ1n) is 5.61. The van der Waals surface area contributed by atoms with Gasteiger partial charge in [0.15, 0.2) is 0 Å². The van der Waals surface area contributed by atoms with Crippen molar-refractivity contribution in [3.63, 3.8) is 0 Å². The van der Waals surface area contributed by atoms with Crippen LogP contribution in [-0.2, 0) is 0 Å². The highest BCUT2D eigenvalue weighted by Crippen LogP contribution is 2.31. The average molecular weight is 259 g/mol. The first kappa shape index (κ1) is 12.2. The van der Waals surface area contributed by atoms with Crippen molar-refractivity contribution in [1.82, 2.24) is 4.90 Å². The van der Waals surface area contributed by atoms with Crippen LogP contribution in [0.5, 0.6) is 0 Å². The Bertz CT molecular complexity index is 362. The van der Waals surface area contributed by atoms with Crippen LogP contribution in [0.4, 0.5) is 0 Å². The topological polar surface area (TPSA) is 29.3 Å². The molecule has 1 aromatic carbocycles. The molecule has 1 aliphatic rings. The van der Waals surface area contributed by atoms with Gasteiger partial charge in [0.1, 0.15) is 0 Å². The molecule has 0 radical (unpaired) electrons. The number of nitrogens with two attached hydrogens (primary N) is 1. The highest BCUT2D eigenvalue weighted by molar-refractivity contribution is 6.35. The zero-order valence-corrected chi connectivity index (χ0v) is 10.6. The summed E-state index contributed by atoms with van der Waals surface area (Å²) in [6.45, 7) is 2.82. The molecule has 0 saturated carbocycles. The monoisotopic (exact) mass is 258 g/mol. The molecule has 1 saturated heterocycles. The summed E-state index contributed by atoms with van der Waals surface area (Å²) < 4.78 is 0. The molecule has 4 heteroatoms. The second-order valence-electron chi connectivity index (χ2n) is 4.16. The Labute approximate surface area is 106 Å². The fraction of sp³-hybridized carbons (Fsp3) is 0.500. The van der Waals surface area contributed by atoms with E-state index < -0.39 is 0 Å². The summed E-state index contributed by atoms with van der Waals surface area (Å²) >= 11 is 12.1. The van der Waals surface area contributed by atoms with Crippen LogP contribution >= 0.6 is 23.2 Å². The van der Waals surface area contributed by atoms with E-state index in [0.717, 1.165) is 23.7 Å². The summed E-state index contributed by atoms with van der Waals surface area (Å²) in [4.78, 5) is 2.40. The average Bonchev–Trinajstić information content (AvgIpc) is 2.75. The van der Waals surface area contributed by atoms with Crippen LogP contribution in [0.1, 0.15) is 24.4 Å². The highest BCUT2D eigenvalue weighted by Gasteiger charge is 2.23. The van der Waals surface area contributed by atoms with Gasteiger partial charge in [0.2, 0.25) is 0 Å². The van der Waals surface area contributed by atoms with Gasteiger partial charge in [0, 0.05) is 22.6 Å². The lowest BCUT2D eigenvalue weighted by atomic mass is 10.1. The SMILES string of the molecule is NC[C@H](c1ccc(Cl)cc1Cl)N1CCCC1. The van der Waals surface area contributed by atoms with E-state index in [2.05, 4.69) is 4.90 Å². The van der Waals surface area contributed by atoms with Crippen molar-refractivity contribution in [3.8, 4) is 0 Å². The van der Waals surface area contributed by atoms with Crippen molar-refractivity contribution in [3.05, 3.63) is 33.8 Å². The standard InChI is InChI=1S/C12H16Cl2N2/c13-9-3-4-10(11(14)7-9)12(8-15)16-5-1-2-6-16/h3-4,7,12H,1-2,5-6,8,15H2/t12-/m1/s1. The summed E-state index contributed by atoms with van der Waals surface area (Å²) in [6.07, 6.45) is 2.50. The summed E-state index contributed by atoms with van der Waals surface area (Å²) in [7, 11) is 0. The molecule has 2 nitrogen and oxygen atoms in total. The van der Waals surface area contributed by atoms with Gasteiger partial charge >= 0.3 is 0 Å². The first-order valence-corrected chi connectivity index (χ1v) is 6.37. The predicted octanol–water partition coefficient (Wildman–Crippen LogP) is 3.09. The first-order chi connectivity index (χ1) is 7.72. The second-order valence-corrected chi connectivity index (χ2v) is 5.00. The maximum absolute atomic E-state index is 6.21. The third-order valence-corrected chi connectivity index (χ3v) is 3.69. The lowest BCUT2D eigenvalue weighted by Gasteiger charge is -2.27. The van der Waals surface area contributed by atoms with Gasteiger partial charge < -0.3 is 5.73 Å². The van der Waals surface area contributed by atoms with Gasteiger partial charge in [0.05, 0.1) is 0 Å². The molecule has 88 valence electrons. The van der Waals surface area contributed by atoms with Crippen LogP contribution in [0.3, 0.4) is 0 Å². The third-order valence-electron chi connectivity index (χ3n) is 3.13. The van der Waals surface area contributed by atoms with Gasteiger partial charge in [-0.2, -0.15) is 0 Å². The van der Waals surface area contributed by atoms with Gasteiger partial charge in [-0.05, 0) is 43.6 Å². The van der Waals surface area contributed by atoms with E-state index in [-0.39, 0.29) is 6.04 Å². The van der Waals surface area contributed by atoms with Crippen molar-refractivity contribution in [2.75, 3.05) is 19.6 Å². The minimum Gasteiger partial charge on any atom is -0.329 e. The largest absolute Gasteiger partial charge is 0.329 e. The zero-order chi connectivity index (χ0) is 11.5. The number of nitrogens with zero attached hydrogens (tertiary/aromatic N) is 1. The van der Waals surface area contributed by atoms with Crippen molar-refractivity contribution in [2.24, 2.45) is 5.73 Å². The number of halogens is 2. The van der Waals surface area contributed by atoms with E-state index in [1.165, 1.54) is 12.8 Å². The maximum atomic E-state index is 6.21. The van der Waals surface area contributed by atoms with E-state index in [4.69, 9.17) is 28.9 Å². The molecule has 1 atom stereocenters. The maximum Gasteiger partial charge on any atom is 0.0485 e. The van der Waals surface area contributed by atoms with Gasteiger partial charge in [0.25, 0.3) is 0 Å². The molecule has 2 rings (SSSR count). The minimum absolute atomic E-state index is 0.229. The zero-order valence-electron chi connectivity index (χ0n) is 9.13. The fourth-order valence-corrected chi connectivity index (χ4v) is 2.83. The van der Waals surface area contributed by atoms with Crippen LogP contribution in [0.15, 0.2) is 18.2 Å². The molecule has 1 aromatic rings. The molecule has 0 aliphatic carbocycles. The van der Waals surface area contributed by atoms with Crippen molar-refractivity contribution in [2.45, 2.75) is 18.9 Å². The highest BCUT2D eigenvalue weighted by atomic mass is 35.5. The van der Waals surface area contributed by atoms with Gasteiger partial charge in [-0.25, -0.2) is 0 Å². The van der Waals surface area contributed by atoms with Crippen molar-refractivity contribution in [1.29, 1.82) is 0 Å². The van der Waals surface area contributed by atoms with Crippen LogP contribution in [-0.4, -0.2) is 24.5 Å². The Morgan fingerprint density at radius 1 is 1.25 bits per heavy atom. The van der Waals surface area contributed by atoms with Crippen LogP contribution < -0.4 is 5.73 Å². The number of hydrogen-bond donors (Lipinski definition) is 1. The normalized spacial score (nSPS) is 18.9.